The van der Waals surface area contributed by atoms with E-state index in [2.05, 4.69) is 22.6 Å². The summed E-state index contributed by atoms with van der Waals surface area (Å²) in [5.41, 5.74) is 3.06. The molecule has 0 bridgehead atoms. The average Bonchev–Trinajstić information content (AvgIpc) is 2.91. The summed E-state index contributed by atoms with van der Waals surface area (Å²) in [6.07, 6.45) is 1.98. The number of aromatic nitrogens is 1. The number of ether oxygens (including phenoxy) is 1. The van der Waals surface area contributed by atoms with E-state index >= 15 is 0 Å². The molecule has 5 heteroatoms. The number of hydrogen-bond acceptors (Lipinski definition) is 4. The van der Waals surface area contributed by atoms with Gasteiger partial charge in [0.1, 0.15) is 5.76 Å². The van der Waals surface area contributed by atoms with Crippen LogP contribution in [0.5, 0.6) is 0 Å². The van der Waals surface area contributed by atoms with Gasteiger partial charge in [-0.2, -0.15) is 0 Å². The van der Waals surface area contributed by atoms with Crippen LogP contribution in [-0.4, -0.2) is 24.2 Å². The van der Waals surface area contributed by atoms with Crippen LogP contribution in [0.25, 0.3) is 0 Å². The van der Waals surface area contributed by atoms with Gasteiger partial charge in [0.15, 0.2) is 0 Å². The van der Waals surface area contributed by atoms with Crippen molar-refractivity contribution in [1.29, 1.82) is 0 Å². The van der Waals surface area contributed by atoms with E-state index in [4.69, 9.17) is 9.26 Å². The van der Waals surface area contributed by atoms with Crippen LogP contribution < -0.4 is 5.32 Å². The van der Waals surface area contributed by atoms with E-state index in [0.717, 1.165) is 23.4 Å². The molecule has 130 valence electrons. The molecule has 0 radical (unpaired) electrons. The lowest BCUT2D eigenvalue weighted by Crippen LogP contribution is -2.25. The van der Waals surface area contributed by atoms with Gasteiger partial charge in [0.25, 0.3) is 0 Å². The van der Waals surface area contributed by atoms with E-state index in [1.54, 1.807) is 0 Å². The van der Waals surface area contributed by atoms with E-state index in [9.17, 15) is 4.79 Å². The predicted molar refractivity (Wildman–Crippen MR) is 92.7 cm³/mol. The van der Waals surface area contributed by atoms with Crippen molar-refractivity contribution in [3.05, 3.63) is 52.9 Å². The van der Waals surface area contributed by atoms with E-state index in [1.165, 1.54) is 5.56 Å². The monoisotopic (exact) mass is 330 g/mol. The maximum Gasteiger partial charge on any atom is 0.220 e. The van der Waals surface area contributed by atoms with Crippen molar-refractivity contribution < 1.29 is 14.1 Å². The number of amides is 1. The standard InChI is InChI=1S/C19H26N2O3/c1-14-18(16(3)24-21-14)10-11-19(22)20-12-7-13-23-15(2)17-8-5-4-6-9-17/h4-6,8-9,15H,7,10-13H2,1-3H3,(H,20,22). The first-order chi connectivity index (χ1) is 11.6. The highest BCUT2D eigenvalue weighted by Crippen LogP contribution is 2.16. The first-order valence-electron chi connectivity index (χ1n) is 8.43. The first kappa shape index (κ1) is 18.2. The highest BCUT2D eigenvalue weighted by atomic mass is 16.5. The zero-order chi connectivity index (χ0) is 17.4. The summed E-state index contributed by atoms with van der Waals surface area (Å²) < 4.78 is 10.9. The average molecular weight is 330 g/mol. The minimum atomic E-state index is 0.0473. The summed E-state index contributed by atoms with van der Waals surface area (Å²) in [6, 6.07) is 10.1. The third-order valence-corrected chi connectivity index (χ3v) is 4.06. The van der Waals surface area contributed by atoms with Gasteiger partial charge in [-0.05, 0) is 39.2 Å². The molecule has 1 heterocycles. The van der Waals surface area contributed by atoms with Crippen LogP contribution in [-0.2, 0) is 16.0 Å². The third-order valence-electron chi connectivity index (χ3n) is 4.06. The van der Waals surface area contributed by atoms with Crippen LogP contribution in [0.4, 0.5) is 0 Å². The molecule has 1 N–H and O–H groups in total. The molecule has 1 atom stereocenters. The Morgan fingerprint density at radius 3 is 2.71 bits per heavy atom. The molecule has 0 spiro atoms. The summed E-state index contributed by atoms with van der Waals surface area (Å²) in [5, 5.41) is 6.83. The van der Waals surface area contributed by atoms with Crippen LogP contribution in [0.1, 0.15) is 48.5 Å². The molecule has 1 unspecified atom stereocenters. The van der Waals surface area contributed by atoms with Crippen molar-refractivity contribution >= 4 is 5.91 Å². The molecule has 2 rings (SSSR count). The normalized spacial score (nSPS) is 12.1. The number of nitrogens with zero attached hydrogens (tertiary/aromatic N) is 1. The molecule has 0 saturated carbocycles. The minimum Gasteiger partial charge on any atom is -0.374 e. The highest BCUT2D eigenvalue weighted by molar-refractivity contribution is 5.76. The van der Waals surface area contributed by atoms with Crippen LogP contribution in [0.15, 0.2) is 34.9 Å². The lowest BCUT2D eigenvalue weighted by molar-refractivity contribution is -0.121. The molecule has 5 nitrogen and oxygen atoms in total. The zero-order valence-corrected chi connectivity index (χ0v) is 14.7. The van der Waals surface area contributed by atoms with Gasteiger partial charge in [0.05, 0.1) is 11.8 Å². The Kier molecular flexibility index (Phi) is 7.00. The molecule has 0 aliphatic rings. The smallest absolute Gasteiger partial charge is 0.220 e. The van der Waals surface area contributed by atoms with Gasteiger partial charge >= 0.3 is 0 Å². The molecule has 1 amide bonds. The van der Waals surface area contributed by atoms with Crippen LogP contribution >= 0.6 is 0 Å². The van der Waals surface area contributed by atoms with E-state index in [1.807, 2.05) is 39.0 Å². The Bertz CT molecular complexity index is 618. The molecule has 1 aromatic heterocycles. The number of benzene rings is 1. The third kappa shape index (κ3) is 5.49. The van der Waals surface area contributed by atoms with Crippen molar-refractivity contribution in [2.24, 2.45) is 0 Å². The highest BCUT2D eigenvalue weighted by Gasteiger charge is 2.11. The van der Waals surface area contributed by atoms with Gasteiger partial charge in [0, 0.05) is 25.1 Å². The largest absolute Gasteiger partial charge is 0.374 e. The topological polar surface area (TPSA) is 64.4 Å². The second-order valence-corrected chi connectivity index (χ2v) is 5.93. The van der Waals surface area contributed by atoms with Gasteiger partial charge in [-0.15, -0.1) is 0 Å². The maximum absolute atomic E-state index is 11.9. The molecule has 1 aromatic carbocycles. The predicted octanol–water partition coefficient (Wildman–Crippen LogP) is 3.51. The quantitative estimate of drug-likeness (QED) is 0.715. The molecule has 2 aromatic rings. The summed E-state index contributed by atoms with van der Waals surface area (Å²) in [5.74, 6) is 0.842. The Morgan fingerprint density at radius 2 is 2.04 bits per heavy atom. The lowest BCUT2D eigenvalue weighted by atomic mass is 10.1. The van der Waals surface area contributed by atoms with Crippen LogP contribution in [0.3, 0.4) is 0 Å². The Morgan fingerprint density at radius 1 is 1.29 bits per heavy atom. The van der Waals surface area contributed by atoms with Crippen molar-refractivity contribution in [2.45, 2.75) is 46.1 Å². The van der Waals surface area contributed by atoms with Gasteiger partial charge < -0.3 is 14.6 Å². The second-order valence-electron chi connectivity index (χ2n) is 5.93. The minimum absolute atomic E-state index is 0.0473. The number of carbonyl (C=O) groups is 1. The summed E-state index contributed by atoms with van der Waals surface area (Å²) >= 11 is 0. The number of hydrogen-bond donors (Lipinski definition) is 1. The van der Waals surface area contributed by atoms with Crippen molar-refractivity contribution in [3.8, 4) is 0 Å². The van der Waals surface area contributed by atoms with Crippen molar-refractivity contribution in [2.75, 3.05) is 13.2 Å². The number of rotatable bonds is 9. The van der Waals surface area contributed by atoms with Crippen LogP contribution in [0, 0.1) is 13.8 Å². The van der Waals surface area contributed by atoms with E-state index in [0.29, 0.717) is 26.0 Å². The summed E-state index contributed by atoms with van der Waals surface area (Å²) in [7, 11) is 0. The van der Waals surface area contributed by atoms with Crippen LogP contribution in [0.2, 0.25) is 0 Å². The summed E-state index contributed by atoms with van der Waals surface area (Å²) in [6.45, 7) is 7.06. The van der Waals surface area contributed by atoms with Gasteiger partial charge in [-0.25, -0.2) is 0 Å². The fourth-order valence-electron chi connectivity index (χ4n) is 2.57. The Hall–Kier alpha value is -2.14. The van der Waals surface area contributed by atoms with E-state index < -0.39 is 0 Å². The number of nitrogens with one attached hydrogen (secondary N) is 1. The molecule has 0 aliphatic carbocycles. The van der Waals surface area contributed by atoms with E-state index in [-0.39, 0.29) is 12.0 Å². The van der Waals surface area contributed by atoms with Crippen molar-refractivity contribution in [3.63, 3.8) is 0 Å². The van der Waals surface area contributed by atoms with Gasteiger partial charge in [-0.3, -0.25) is 4.79 Å². The SMILES string of the molecule is Cc1noc(C)c1CCC(=O)NCCCOC(C)c1ccccc1. The van der Waals surface area contributed by atoms with Crippen molar-refractivity contribution in [1.82, 2.24) is 10.5 Å². The molecule has 0 aliphatic heterocycles. The molecular weight excluding hydrogens is 304 g/mol. The maximum atomic E-state index is 11.9. The Balaban J connectivity index is 1.58. The summed E-state index contributed by atoms with van der Waals surface area (Å²) in [4.78, 5) is 11.9. The second kappa shape index (κ2) is 9.23. The lowest BCUT2D eigenvalue weighted by Gasteiger charge is -2.13. The molecular formula is C19H26N2O3. The Labute approximate surface area is 143 Å². The number of aryl methyl sites for hydroxylation is 2. The molecule has 0 saturated heterocycles. The zero-order valence-electron chi connectivity index (χ0n) is 14.7. The molecule has 0 fully saturated rings. The first-order valence-corrected chi connectivity index (χ1v) is 8.43. The fraction of sp³-hybridized carbons (Fsp3) is 0.474. The molecule has 24 heavy (non-hydrogen) atoms. The van der Waals surface area contributed by atoms with Gasteiger partial charge in [0.2, 0.25) is 5.91 Å². The fourth-order valence-corrected chi connectivity index (χ4v) is 2.57. The van der Waals surface area contributed by atoms with Gasteiger partial charge in [-0.1, -0.05) is 35.5 Å². The number of carbonyl (C=O) groups excluding carboxylic acids is 1.